The molecule has 8 heteroatoms. The minimum Gasteiger partial charge on any atom is -0.481 e. The highest BCUT2D eigenvalue weighted by Gasteiger charge is 2.10. The predicted octanol–water partition coefficient (Wildman–Crippen LogP) is 3.36. The average molecular weight is 392 g/mol. The molecular weight excluding hydrogens is 372 g/mol. The largest absolute Gasteiger partial charge is 0.481 e. The van der Waals surface area contributed by atoms with E-state index in [1.807, 2.05) is 25.1 Å². The number of hydrazone groups is 1. The van der Waals surface area contributed by atoms with Crippen LogP contribution in [-0.2, 0) is 0 Å². The zero-order valence-corrected chi connectivity index (χ0v) is 16.2. The lowest BCUT2D eigenvalue weighted by atomic mass is 10.1. The molecule has 2 aromatic carbocycles. The third kappa shape index (κ3) is 5.07. The van der Waals surface area contributed by atoms with E-state index in [1.165, 1.54) is 20.4 Å². The van der Waals surface area contributed by atoms with Crippen molar-refractivity contribution in [1.82, 2.24) is 15.4 Å². The molecule has 3 aromatic rings. The maximum atomic E-state index is 12.3. The van der Waals surface area contributed by atoms with Crippen LogP contribution in [0.5, 0.6) is 23.5 Å². The third-order valence-electron chi connectivity index (χ3n) is 3.96. The number of rotatable bonds is 7. The third-order valence-corrected chi connectivity index (χ3v) is 3.96. The first kappa shape index (κ1) is 19.8. The van der Waals surface area contributed by atoms with E-state index in [4.69, 9.17) is 14.2 Å². The lowest BCUT2D eigenvalue weighted by molar-refractivity contribution is 0.0954. The average Bonchev–Trinajstić information content (AvgIpc) is 2.74. The maximum Gasteiger partial charge on any atom is 0.328 e. The monoisotopic (exact) mass is 392 g/mol. The zero-order chi connectivity index (χ0) is 20.6. The van der Waals surface area contributed by atoms with Crippen molar-refractivity contribution >= 4 is 12.1 Å². The number of aryl methyl sites for hydroxylation is 1. The number of ether oxygens (including phenoxy) is 3. The van der Waals surface area contributed by atoms with Crippen molar-refractivity contribution in [3.05, 3.63) is 71.3 Å². The van der Waals surface area contributed by atoms with E-state index >= 15 is 0 Å². The second-order valence-electron chi connectivity index (χ2n) is 5.89. The second-order valence-corrected chi connectivity index (χ2v) is 5.89. The number of hydrogen-bond acceptors (Lipinski definition) is 7. The van der Waals surface area contributed by atoms with Crippen LogP contribution in [0.4, 0.5) is 0 Å². The molecule has 0 atom stereocenters. The fourth-order valence-electron chi connectivity index (χ4n) is 2.47. The van der Waals surface area contributed by atoms with Crippen LogP contribution in [0, 0.1) is 6.92 Å². The van der Waals surface area contributed by atoms with Crippen LogP contribution in [0.3, 0.4) is 0 Å². The second kappa shape index (κ2) is 9.32. The Labute approximate surface area is 168 Å². The van der Waals surface area contributed by atoms with Crippen molar-refractivity contribution < 1.29 is 19.0 Å². The summed E-state index contributed by atoms with van der Waals surface area (Å²) in [4.78, 5) is 20.6. The van der Waals surface area contributed by atoms with Gasteiger partial charge >= 0.3 is 6.01 Å². The van der Waals surface area contributed by atoms with E-state index < -0.39 is 0 Å². The molecule has 0 radical (unpaired) electrons. The van der Waals surface area contributed by atoms with Crippen LogP contribution in [0.15, 0.2) is 59.7 Å². The number of carbonyl (C=O) groups excluding carboxylic acids is 1. The first-order valence-corrected chi connectivity index (χ1v) is 8.73. The molecule has 148 valence electrons. The Bertz CT molecular complexity index is 1010. The van der Waals surface area contributed by atoms with Gasteiger partial charge in [-0.25, -0.2) is 5.43 Å². The Morgan fingerprint density at radius 2 is 1.66 bits per heavy atom. The molecule has 1 heterocycles. The Balaban J connectivity index is 1.76. The summed E-state index contributed by atoms with van der Waals surface area (Å²) in [6.45, 7) is 1.87. The highest BCUT2D eigenvalue weighted by atomic mass is 16.5. The number of amides is 1. The molecule has 0 saturated carbocycles. The van der Waals surface area contributed by atoms with Gasteiger partial charge in [0.05, 0.1) is 26.5 Å². The van der Waals surface area contributed by atoms with Crippen molar-refractivity contribution in [2.24, 2.45) is 5.10 Å². The molecule has 0 aliphatic rings. The van der Waals surface area contributed by atoms with E-state index in [1.54, 1.807) is 36.4 Å². The van der Waals surface area contributed by atoms with E-state index in [2.05, 4.69) is 20.5 Å². The summed E-state index contributed by atoms with van der Waals surface area (Å²) in [6, 6.07) is 16.0. The topological polar surface area (TPSA) is 94.9 Å². The molecule has 0 aliphatic heterocycles. The van der Waals surface area contributed by atoms with Gasteiger partial charge in [0.15, 0.2) is 0 Å². The van der Waals surface area contributed by atoms with Gasteiger partial charge in [0.25, 0.3) is 5.91 Å². The Morgan fingerprint density at radius 3 is 2.34 bits per heavy atom. The standard InChI is InChI=1S/C21H20N4O4/c1-14-8-4-6-10-16(14)20(26)25-22-13-15-9-5-7-11-17(15)29-21-23-18(27-2)12-19(24-21)28-3/h4-13H,1-3H3,(H,25,26)/b22-13+. The molecular formula is C21H20N4O4. The summed E-state index contributed by atoms with van der Waals surface area (Å²) in [7, 11) is 2.98. The zero-order valence-electron chi connectivity index (χ0n) is 16.2. The molecule has 1 N–H and O–H groups in total. The number of aromatic nitrogens is 2. The van der Waals surface area contributed by atoms with Crippen molar-refractivity contribution in [2.75, 3.05) is 14.2 Å². The molecule has 1 aromatic heterocycles. The quantitative estimate of drug-likeness (QED) is 0.489. The Kier molecular flexibility index (Phi) is 6.36. The minimum atomic E-state index is -0.293. The van der Waals surface area contributed by atoms with Gasteiger partial charge in [0.1, 0.15) is 5.75 Å². The predicted molar refractivity (Wildman–Crippen MR) is 108 cm³/mol. The molecule has 0 bridgehead atoms. The molecule has 1 amide bonds. The summed E-state index contributed by atoms with van der Waals surface area (Å²) < 4.78 is 16.0. The van der Waals surface area contributed by atoms with Crippen LogP contribution in [0.25, 0.3) is 0 Å². The number of nitrogens with one attached hydrogen (secondary N) is 1. The van der Waals surface area contributed by atoms with E-state index in [9.17, 15) is 4.79 Å². The first-order valence-electron chi connectivity index (χ1n) is 8.73. The van der Waals surface area contributed by atoms with Gasteiger partial charge in [-0.05, 0) is 30.7 Å². The van der Waals surface area contributed by atoms with Crippen LogP contribution < -0.4 is 19.6 Å². The molecule has 0 aliphatic carbocycles. The van der Waals surface area contributed by atoms with Gasteiger partial charge in [-0.15, -0.1) is 0 Å². The molecule has 29 heavy (non-hydrogen) atoms. The first-order chi connectivity index (χ1) is 14.1. The number of methoxy groups -OCH3 is 2. The van der Waals surface area contributed by atoms with Gasteiger partial charge in [-0.2, -0.15) is 15.1 Å². The van der Waals surface area contributed by atoms with Gasteiger partial charge in [0.2, 0.25) is 11.8 Å². The number of hydrogen-bond donors (Lipinski definition) is 1. The van der Waals surface area contributed by atoms with Gasteiger partial charge in [0, 0.05) is 11.1 Å². The lowest BCUT2D eigenvalue weighted by Crippen LogP contribution is -2.18. The fourth-order valence-corrected chi connectivity index (χ4v) is 2.47. The summed E-state index contributed by atoms with van der Waals surface area (Å²) in [5, 5.41) is 4.03. The van der Waals surface area contributed by atoms with Crippen molar-refractivity contribution in [3.63, 3.8) is 0 Å². The number of benzene rings is 2. The number of carbonyl (C=O) groups is 1. The highest BCUT2D eigenvalue weighted by Crippen LogP contribution is 2.25. The summed E-state index contributed by atoms with van der Waals surface area (Å²) >= 11 is 0. The molecule has 0 spiro atoms. The molecule has 0 saturated heterocycles. The van der Waals surface area contributed by atoms with Crippen molar-refractivity contribution in [3.8, 4) is 23.5 Å². The van der Waals surface area contributed by atoms with Gasteiger partial charge in [-0.1, -0.05) is 30.3 Å². The lowest BCUT2D eigenvalue weighted by Gasteiger charge is -2.09. The van der Waals surface area contributed by atoms with Crippen molar-refractivity contribution in [2.45, 2.75) is 6.92 Å². The van der Waals surface area contributed by atoms with Gasteiger partial charge in [-0.3, -0.25) is 4.79 Å². The summed E-state index contributed by atoms with van der Waals surface area (Å²) in [5.74, 6) is 0.780. The van der Waals surface area contributed by atoms with Crippen LogP contribution in [0.2, 0.25) is 0 Å². The fraction of sp³-hybridized carbons (Fsp3) is 0.143. The normalized spacial score (nSPS) is 10.6. The maximum absolute atomic E-state index is 12.3. The molecule has 8 nitrogen and oxygen atoms in total. The van der Waals surface area contributed by atoms with Crippen LogP contribution in [0.1, 0.15) is 21.5 Å². The summed E-state index contributed by atoms with van der Waals surface area (Å²) in [6.07, 6.45) is 1.49. The van der Waals surface area contributed by atoms with E-state index in [-0.39, 0.29) is 11.9 Å². The smallest absolute Gasteiger partial charge is 0.328 e. The SMILES string of the molecule is COc1cc(OC)nc(Oc2ccccc2/C=N/NC(=O)c2ccccc2C)n1. The minimum absolute atomic E-state index is 0.0611. The molecule has 0 unspecified atom stereocenters. The Morgan fingerprint density at radius 1 is 1.00 bits per heavy atom. The summed E-state index contributed by atoms with van der Waals surface area (Å²) in [5.41, 5.74) is 4.58. The Hall–Kier alpha value is -3.94. The van der Waals surface area contributed by atoms with Gasteiger partial charge < -0.3 is 14.2 Å². The molecule has 3 rings (SSSR count). The number of nitrogens with zero attached hydrogens (tertiary/aromatic N) is 3. The van der Waals surface area contributed by atoms with Crippen LogP contribution in [-0.4, -0.2) is 36.3 Å². The van der Waals surface area contributed by atoms with Crippen molar-refractivity contribution in [1.29, 1.82) is 0 Å². The van der Waals surface area contributed by atoms with E-state index in [0.717, 1.165) is 5.56 Å². The van der Waals surface area contributed by atoms with E-state index in [0.29, 0.717) is 28.6 Å². The highest BCUT2D eigenvalue weighted by molar-refractivity contribution is 5.96. The molecule has 0 fully saturated rings. The number of para-hydroxylation sites is 1. The van der Waals surface area contributed by atoms with Crippen LogP contribution >= 0.6 is 0 Å².